The maximum atomic E-state index is 12.9. The van der Waals surface area contributed by atoms with Gasteiger partial charge < -0.3 is 19.5 Å². The van der Waals surface area contributed by atoms with E-state index >= 15 is 0 Å². The molecule has 0 saturated carbocycles. The van der Waals surface area contributed by atoms with Crippen molar-refractivity contribution in [2.75, 3.05) is 25.6 Å². The molecule has 1 fully saturated rings. The number of hydrogen-bond acceptors (Lipinski definition) is 7. The lowest BCUT2D eigenvalue weighted by atomic mass is 10.1. The number of benzene rings is 1. The number of anilines is 1. The molecule has 3 aromatic rings. The monoisotopic (exact) mass is 409 g/mol. The number of halogens is 3. The third-order valence-corrected chi connectivity index (χ3v) is 4.58. The van der Waals surface area contributed by atoms with Gasteiger partial charge in [0, 0.05) is 30.9 Å². The lowest BCUT2D eigenvalue weighted by Gasteiger charge is -2.23. The largest absolute Gasteiger partial charge is 0.573 e. The predicted octanol–water partition coefficient (Wildman–Crippen LogP) is 3.29. The molecule has 0 unspecified atom stereocenters. The third kappa shape index (κ3) is 4.19. The first-order chi connectivity index (χ1) is 13.9. The number of nitrogens with zero attached hydrogens (tertiary/aromatic N) is 4. The van der Waals surface area contributed by atoms with Gasteiger partial charge in [-0.15, -0.1) is 23.4 Å². The fourth-order valence-electron chi connectivity index (χ4n) is 3.18. The van der Waals surface area contributed by atoms with Gasteiger partial charge in [-0.1, -0.05) is 0 Å². The van der Waals surface area contributed by atoms with Gasteiger partial charge in [0.1, 0.15) is 23.5 Å². The van der Waals surface area contributed by atoms with E-state index < -0.39 is 12.1 Å². The molecule has 1 aliphatic rings. The molecule has 154 valence electrons. The van der Waals surface area contributed by atoms with Gasteiger partial charge in [-0.05, 0) is 25.0 Å². The first-order valence-electron chi connectivity index (χ1n) is 8.92. The zero-order valence-corrected chi connectivity index (χ0v) is 15.4. The molecule has 11 heteroatoms. The van der Waals surface area contributed by atoms with E-state index in [4.69, 9.17) is 9.47 Å². The van der Waals surface area contributed by atoms with Crippen LogP contribution in [0.15, 0.2) is 30.7 Å². The van der Waals surface area contributed by atoms with Crippen LogP contribution in [0.3, 0.4) is 0 Å². The fourth-order valence-corrected chi connectivity index (χ4v) is 3.18. The van der Waals surface area contributed by atoms with Gasteiger partial charge in [0.25, 0.3) is 0 Å². The normalized spacial score (nSPS) is 15.4. The van der Waals surface area contributed by atoms with Crippen LogP contribution in [-0.2, 0) is 4.74 Å². The van der Waals surface area contributed by atoms with Crippen LogP contribution in [-0.4, -0.2) is 52.3 Å². The Morgan fingerprint density at radius 3 is 2.72 bits per heavy atom. The van der Waals surface area contributed by atoms with E-state index in [2.05, 4.69) is 25.2 Å². The summed E-state index contributed by atoms with van der Waals surface area (Å²) in [6.07, 6.45) is -0.178. The van der Waals surface area contributed by atoms with Crippen LogP contribution < -0.4 is 14.8 Å². The molecule has 0 atom stereocenters. The van der Waals surface area contributed by atoms with Crippen molar-refractivity contribution in [3.63, 3.8) is 0 Å². The zero-order valence-electron chi connectivity index (χ0n) is 15.4. The molecule has 8 nitrogen and oxygen atoms in total. The molecule has 0 amide bonds. The van der Waals surface area contributed by atoms with Crippen LogP contribution in [0.2, 0.25) is 0 Å². The van der Waals surface area contributed by atoms with Crippen molar-refractivity contribution in [2.45, 2.75) is 25.2 Å². The quantitative estimate of drug-likeness (QED) is 0.692. The van der Waals surface area contributed by atoms with Crippen LogP contribution in [0.4, 0.5) is 19.1 Å². The Bertz CT molecular complexity index is 1000. The summed E-state index contributed by atoms with van der Waals surface area (Å²) < 4.78 is 55.0. The smallest absolute Gasteiger partial charge is 0.497 e. The molecule has 1 N–H and O–H groups in total. The molecule has 0 radical (unpaired) electrons. The lowest BCUT2D eigenvalue weighted by Crippen LogP contribution is -2.29. The number of aromatic nitrogens is 4. The van der Waals surface area contributed by atoms with Crippen molar-refractivity contribution < 1.29 is 27.4 Å². The number of nitrogens with one attached hydrogen (secondary N) is 1. The van der Waals surface area contributed by atoms with Gasteiger partial charge >= 0.3 is 6.36 Å². The first kappa shape index (κ1) is 19.2. The molecule has 0 aliphatic carbocycles. The number of imidazole rings is 1. The second-order valence-corrected chi connectivity index (χ2v) is 6.46. The molecule has 0 spiro atoms. The maximum absolute atomic E-state index is 12.9. The summed E-state index contributed by atoms with van der Waals surface area (Å²) in [6, 6.07) is 4.30. The molecular weight excluding hydrogens is 391 g/mol. The number of rotatable bonds is 5. The zero-order chi connectivity index (χ0) is 20.4. The highest BCUT2D eigenvalue weighted by Gasteiger charge is 2.33. The predicted molar refractivity (Wildman–Crippen MR) is 96.9 cm³/mol. The summed E-state index contributed by atoms with van der Waals surface area (Å²) in [5.41, 5.74) is 0.826. The first-order valence-corrected chi connectivity index (χ1v) is 8.92. The summed E-state index contributed by atoms with van der Waals surface area (Å²) in [6.45, 7) is 1.31. The van der Waals surface area contributed by atoms with Crippen LogP contribution in [0, 0.1) is 0 Å². The van der Waals surface area contributed by atoms with Crippen molar-refractivity contribution >= 4 is 11.5 Å². The van der Waals surface area contributed by atoms with Crippen LogP contribution in [0.25, 0.3) is 16.8 Å². The van der Waals surface area contributed by atoms with E-state index in [1.165, 1.54) is 31.8 Å². The van der Waals surface area contributed by atoms with E-state index in [-0.39, 0.29) is 23.0 Å². The Morgan fingerprint density at radius 1 is 1.21 bits per heavy atom. The molecule has 1 saturated heterocycles. The highest BCUT2D eigenvalue weighted by Crippen LogP contribution is 2.37. The minimum Gasteiger partial charge on any atom is -0.497 e. The molecule has 29 heavy (non-hydrogen) atoms. The number of ether oxygens (including phenoxy) is 3. The molecular formula is C18H18F3N5O3. The lowest BCUT2D eigenvalue weighted by molar-refractivity contribution is -0.274. The topological polar surface area (TPSA) is 82.8 Å². The second kappa shape index (κ2) is 7.74. The Hall–Kier alpha value is -3.08. The number of methoxy groups -OCH3 is 1. The van der Waals surface area contributed by atoms with Crippen LogP contribution >= 0.6 is 0 Å². The summed E-state index contributed by atoms with van der Waals surface area (Å²) in [5.74, 6) is 0.252. The fraction of sp³-hybridized carbons (Fsp3) is 0.389. The summed E-state index contributed by atoms with van der Waals surface area (Å²) in [4.78, 5) is 4.11. The van der Waals surface area contributed by atoms with E-state index in [1.807, 2.05) is 0 Å². The molecule has 2 aromatic heterocycles. The number of hydrogen-bond donors (Lipinski definition) is 1. The summed E-state index contributed by atoms with van der Waals surface area (Å²) >= 11 is 0. The summed E-state index contributed by atoms with van der Waals surface area (Å²) in [5, 5.41) is 11.6. The molecule has 1 aliphatic heterocycles. The SMILES string of the molecule is COc1ccc(-c2nnc(NC3CCOCC3)n3cncc23)c(OC(F)(F)F)c1. The Balaban J connectivity index is 1.75. The third-order valence-electron chi connectivity index (χ3n) is 4.58. The number of alkyl halides is 3. The van der Waals surface area contributed by atoms with Gasteiger partial charge in [-0.2, -0.15) is 0 Å². The summed E-state index contributed by atoms with van der Waals surface area (Å²) in [7, 11) is 1.36. The minimum atomic E-state index is -4.87. The van der Waals surface area contributed by atoms with E-state index in [0.29, 0.717) is 24.7 Å². The average molecular weight is 409 g/mol. The maximum Gasteiger partial charge on any atom is 0.573 e. The van der Waals surface area contributed by atoms with E-state index in [0.717, 1.165) is 18.9 Å². The van der Waals surface area contributed by atoms with E-state index in [9.17, 15) is 13.2 Å². The average Bonchev–Trinajstić information content (AvgIpc) is 3.18. The standard InChI is InChI=1S/C18H18F3N5O3/c1-27-12-2-3-13(15(8-12)29-18(19,20)21)16-14-9-22-10-26(14)17(25-24-16)23-11-4-6-28-7-5-11/h2-3,8-11H,4-7H2,1H3,(H,23,25). The van der Waals surface area contributed by atoms with Crippen molar-refractivity contribution in [3.8, 4) is 22.8 Å². The molecule has 0 bridgehead atoms. The Labute approximate surface area is 163 Å². The van der Waals surface area contributed by atoms with Gasteiger partial charge in [-0.25, -0.2) is 4.98 Å². The highest BCUT2D eigenvalue weighted by atomic mass is 19.4. The second-order valence-electron chi connectivity index (χ2n) is 6.46. The van der Waals surface area contributed by atoms with Crippen LogP contribution in [0.5, 0.6) is 11.5 Å². The van der Waals surface area contributed by atoms with Gasteiger partial charge in [-0.3, -0.25) is 4.40 Å². The minimum absolute atomic E-state index is 0.124. The number of fused-ring (bicyclic) bond motifs is 1. The van der Waals surface area contributed by atoms with Crippen molar-refractivity contribution in [1.29, 1.82) is 0 Å². The van der Waals surface area contributed by atoms with E-state index in [1.54, 1.807) is 4.40 Å². The van der Waals surface area contributed by atoms with Gasteiger partial charge in [0.05, 0.1) is 18.8 Å². The molecule has 4 rings (SSSR count). The Kier molecular flexibility index (Phi) is 5.14. The molecule has 1 aromatic carbocycles. The molecule has 3 heterocycles. The van der Waals surface area contributed by atoms with Gasteiger partial charge in [0.2, 0.25) is 5.95 Å². The van der Waals surface area contributed by atoms with Gasteiger partial charge in [0.15, 0.2) is 0 Å². The van der Waals surface area contributed by atoms with Crippen molar-refractivity contribution in [1.82, 2.24) is 19.6 Å². The van der Waals surface area contributed by atoms with Crippen molar-refractivity contribution in [3.05, 3.63) is 30.7 Å². The van der Waals surface area contributed by atoms with Crippen LogP contribution in [0.1, 0.15) is 12.8 Å². The highest BCUT2D eigenvalue weighted by molar-refractivity contribution is 5.81. The van der Waals surface area contributed by atoms with Crippen molar-refractivity contribution in [2.24, 2.45) is 0 Å². The Morgan fingerprint density at radius 2 is 2.00 bits per heavy atom.